The number of nitrogens with two attached hydrogens (primary N) is 2. The Hall–Kier alpha value is -0.750. The lowest BCUT2D eigenvalue weighted by Crippen LogP contribution is -2.54. The van der Waals surface area contributed by atoms with Gasteiger partial charge in [-0.05, 0) is 19.4 Å². The van der Waals surface area contributed by atoms with Gasteiger partial charge in [0.05, 0.1) is 0 Å². The molecule has 0 aromatic carbocycles. The van der Waals surface area contributed by atoms with Crippen LogP contribution in [0, 0.1) is 0 Å². The highest BCUT2D eigenvalue weighted by Gasteiger charge is 2.42. The first kappa shape index (κ1) is 11.2. The second-order valence-corrected chi connectivity index (χ2v) is 2.54. The summed E-state index contributed by atoms with van der Waals surface area (Å²) in [5, 5.41) is 8.38. The van der Waals surface area contributed by atoms with E-state index in [1.165, 1.54) is 0 Å². The molecule has 0 saturated carbocycles. The van der Waals surface area contributed by atoms with E-state index in [1.54, 1.807) is 0 Å². The monoisotopic (exact) mass is 184 g/mol. The van der Waals surface area contributed by atoms with Crippen LogP contribution >= 0.6 is 0 Å². The molecule has 6 heteroatoms. The largest absolute Gasteiger partial charge is 0.480 e. The molecule has 0 saturated heterocycles. The molecule has 0 aliphatic carbocycles. The summed E-state index contributed by atoms with van der Waals surface area (Å²) in [6, 6.07) is 0. The maximum atomic E-state index is 12.1. The molecule has 0 spiro atoms. The Morgan fingerprint density at radius 3 is 2.42 bits per heavy atom. The molecule has 5 N–H and O–H groups in total. The highest BCUT2D eigenvalue weighted by molar-refractivity contribution is 5.79. The van der Waals surface area contributed by atoms with E-state index in [-0.39, 0.29) is 19.4 Å². The number of hydrogen-bond donors (Lipinski definition) is 3. The van der Waals surface area contributed by atoms with E-state index in [0.29, 0.717) is 0 Å². The predicted molar refractivity (Wildman–Crippen MR) is 38.8 cm³/mol. The SMILES string of the molecule is N[14CH2]CC[C@](N)(C(=O)O)C(F)F. The Bertz CT molecular complexity index is 166. The van der Waals surface area contributed by atoms with Crippen LogP contribution in [0.4, 0.5) is 8.78 Å². The van der Waals surface area contributed by atoms with Crippen LogP contribution in [0.1, 0.15) is 12.8 Å². The third-order valence-corrected chi connectivity index (χ3v) is 1.58. The van der Waals surface area contributed by atoms with E-state index < -0.39 is 17.9 Å². The van der Waals surface area contributed by atoms with Crippen molar-refractivity contribution < 1.29 is 18.7 Å². The first-order valence-corrected chi connectivity index (χ1v) is 3.45. The average molecular weight is 184 g/mol. The van der Waals surface area contributed by atoms with Gasteiger partial charge in [0.25, 0.3) is 6.43 Å². The van der Waals surface area contributed by atoms with Crippen molar-refractivity contribution in [1.82, 2.24) is 0 Å². The topological polar surface area (TPSA) is 89.3 Å². The smallest absolute Gasteiger partial charge is 0.329 e. The van der Waals surface area contributed by atoms with Crippen LogP contribution in [0.5, 0.6) is 0 Å². The molecule has 0 unspecified atom stereocenters. The van der Waals surface area contributed by atoms with Crippen molar-refractivity contribution in [2.45, 2.75) is 24.8 Å². The molecular weight excluding hydrogens is 172 g/mol. The molecule has 0 aromatic rings. The quantitative estimate of drug-likeness (QED) is 0.550. The summed E-state index contributed by atoms with van der Waals surface area (Å²) in [5.74, 6) is -1.69. The molecule has 0 radical (unpaired) electrons. The molecule has 72 valence electrons. The van der Waals surface area contributed by atoms with Crippen molar-refractivity contribution in [2.75, 3.05) is 6.54 Å². The van der Waals surface area contributed by atoms with Crippen molar-refractivity contribution in [3.05, 3.63) is 0 Å². The third-order valence-electron chi connectivity index (χ3n) is 1.58. The summed E-state index contributed by atoms with van der Waals surface area (Å²) in [6.07, 6.45) is -3.20. The zero-order chi connectivity index (χ0) is 9.78. The molecule has 12 heavy (non-hydrogen) atoms. The molecule has 4 nitrogen and oxygen atoms in total. The molecule has 0 heterocycles. The van der Waals surface area contributed by atoms with E-state index in [0.717, 1.165) is 0 Å². The van der Waals surface area contributed by atoms with Gasteiger partial charge in [-0.3, -0.25) is 0 Å². The van der Waals surface area contributed by atoms with Gasteiger partial charge >= 0.3 is 5.97 Å². The highest BCUT2D eigenvalue weighted by Crippen LogP contribution is 2.18. The van der Waals surface area contributed by atoms with Crippen LogP contribution in [0.25, 0.3) is 0 Å². The van der Waals surface area contributed by atoms with E-state index in [2.05, 4.69) is 0 Å². The normalized spacial score (nSPS) is 16.1. The molecule has 0 aromatic heterocycles. The highest BCUT2D eigenvalue weighted by atomic mass is 19.3. The Kier molecular flexibility index (Phi) is 4.05. The van der Waals surface area contributed by atoms with E-state index in [1.807, 2.05) is 0 Å². The maximum absolute atomic E-state index is 12.1. The van der Waals surface area contributed by atoms with Gasteiger partial charge in [0.15, 0.2) is 5.54 Å². The fourth-order valence-electron chi connectivity index (χ4n) is 0.704. The zero-order valence-electron chi connectivity index (χ0n) is 6.46. The van der Waals surface area contributed by atoms with E-state index >= 15 is 0 Å². The Labute approximate surface area is 68.5 Å². The number of rotatable bonds is 5. The second kappa shape index (κ2) is 4.32. The Morgan fingerprint density at radius 1 is 1.67 bits per heavy atom. The molecule has 0 aliphatic heterocycles. The summed E-state index contributed by atoms with van der Waals surface area (Å²) >= 11 is 0. The molecule has 0 amide bonds. The Morgan fingerprint density at radius 2 is 2.17 bits per heavy atom. The number of aliphatic carboxylic acids is 1. The number of halogens is 2. The van der Waals surface area contributed by atoms with Gasteiger partial charge in [0, 0.05) is 0 Å². The lowest BCUT2D eigenvalue weighted by molar-refractivity contribution is -0.150. The van der Waals surface area contributed by atoms with Crippen molar-refractivity contribution in [1.29, 1.82) is 0 Å². The van der Waals surface area contributed by atoms with Crippen LogP contribution in [0.2, 0.25) is 0 Å². The van der Waals surface area contributed by atoms with Gasteiger partial charge in [-0.1, -0.05) is 0 Å². The minimum Gasteiger partial charge on any atom is -0.480 e. The van der Waals surface area contributed by atoms with Crippen LogP contribution in [0.15, 0.2) is 0 Å². The Balaban J connectivity index is 4.29. The number of carboxylic acid groups (broad SMARTS) is 1. The fraction of sp³-hybridized carbons (Fsp3) is 0.833. The average Bonchev–Trinajstić information content (AvgIpc) is 1.99. The third kappa shape index (κ3) is 2.38. The van der Waals surface area contributed by atoms with Crippen molar-refractivity contribution >= 4 is 5.97 Å². The van der Waals surface area contributed by atoms with Crippen LogP contribution in [0.3, 0.4) is 0 Å². The summed E-state index contributed by atoms with van der Waals surface area (Å²) < 4.78 is 24.2. The van der Waals surface area contributed by atoms with E-state index in [4.69, 9.17) is 16.6 Å². The standard InChI is InChI=1S/C6H12F2N2O2/c7-4(8)6(10,5(11)12)2-1-3-9/h4H,1-3,9-10H2,(H,11,12)/t6-/m1/s1/i3+2. The summed E-state index contributed by atoms with van der Waals surface area (Å²) in [7, 11) is 0. The van der Waals surface area contributed by atoms with Gasteiger partial charge in [0.1, 0.15) is 0 Å². The van der Waals surface area contributed by atoms with Gasteiger partial charge in [-0.2, -0.15) is 0 Å². The molecule has 1 atom stereocenters. The van der Waals surface area contributed by atoms with Crippen LogP contribution < -0.4 is 11.5 Å². The van der Waals surface area contributed by atoms with Crippen LogP contribution in [-0.2, 0) is 4.79 Å². The first-order valence-electron chi connectivity index (χ1n) is 3.45. The minimum atomic E-state index is -3.07. The second-order valence-electron chi connectivity index (χ2n) is 2.54. The van der Waals surface area contributed by atoms with Gasteiger partial charge in [-0.25, -0.2) is 13.6 Å². The molecule has 0 bridgehead atoms. The number of carbonyl (C=O) groups is 1. The molecule has 0 aliphatic rings. The molecular formula is C6H12F2N2O2. The summed E-state index contributed by atoms with van der Waals surface area (Å²) in [6.45, 7) is 0.152. The lowest BCUT2D eigenvalue weighted by atomic mass is 9.98. The van der Waals surface area contributed by atoms with Gasteiger partial charge in [0.2, 0.25) is 0 Å². The fourth-order valence-corrected chi connectivity index (χ4v) is 0.704. The summed E-state index contributed by atoms with van der Waals surface area (Å²) in [4.78, 5) is 10.3. The number of hydrogen-bond acceptors (Lipinski definition) is 3. The molecule has 0 rings (SSSR count). The predicted octanol–water partition coefficient (Wildman–Crippen LogP) is -0.227. The van der Waals surface area contributed by atoms with E-state index in [9.17, 15) is 13.6 Å². The summed E-state index contributed by atoms with van der Waals surface area (Å²) in [5.41, 5.74) is 7.56. The zero-order valence-corrected chi connectivity index (χ0v) is 6.46. The maximum Gasteiger partial charge on any atom is 0.329 e. The van der Waals surface area contributed by atoms with Gasteiger partial charge in [-0.15, -0.1) is 0 Å². The van der Waals surface area contributed by atoms with Crippen molar-refractivity contribution in [3.8, 4) is 0 Å². The lowest BCUT2D eigenvalue weighted by Gasteiger charge is -2.22. The van der Waals surface area contributed by atoms with Gasteiger partial charge < -0.3 is 16.6 Å². The van der Waals surface area contributed by atoms with Crippen molar-refractivity contribution in [2.24, 2.45) is 11.5 Å². The number of alkyl halides is 2. The van der Waals surface area contributed by atoms with Crippen LogP contribution in [-0.4, -0.2) is 29.6 Å². The number of carboxylic acids is 1. The minimum absolute atomic E-state index is 0.152. The molecule has 0 fully saturated rings. The van der Waals surface area contributed by atoms with Crippen molar-refractivity contribution in [3.63, 3.8) is 0 Å². The first-order chi connectivity index (χ1) is 5.45.